The first-order valence-electron chi connectivity index (χ1n) is 8.17. The number of hydrogen-bond acceptors (Lipinski definition) is 4. The Hall–Kier alpha value is -1.98. The Balaban J connectivity index is 1.74. The number of imidazole rings is 1. The zero-order valence-electron chi connectivity index (χ0n) is 13.3. The van der Waals surface area contributed by atoms with Gasteiger partial charge < -0.3 is 14.4 Å². The summed E-state index contributed by atoms with van der Waals surface area (Å²) in [5.41, 5.74) is 2.39. The highest BCUT2D eigenvalue weighted by Gasteiger charge is 2.29. The zero-order chi connectivity index (χ0) is 15.9. The SMILES string of the molecule is Cc1nc2cnc3ccccc3c2n1CCC1(O)CCOCC1. The predicted octanol–water partition coefficient (Wildman–Crippen LogP) is 2.82. The van der Waals surface area contributed by atoms with Crippen LogP contribution < -0.4 is 0 Å². The van der Waals surface area contributed by atoms with Crippen LogP contribution in [-0.2, 0) is 11.3 Å². The van der Waals surface area contributed by atoms with Crippen LogP contribution in [0.5, 0.6) is 0 Å². The third-order valence-electron chi connectivity index (χ3n) is 4.89. The summed E-state index contributed by atoms with van der Waals surface area (Å²) in [5, 5.41) is 11.8. The lowest BCUT2D eigenvalue weighted by Crippen LogP contribution is -2.37. The van der Waals surface area contributed by atoms with Crippen LogP contribution in [0.2, 0.25) is 0 Å². The molecule has 1 aliphatic rings. The van der Waals surface area contributed by atoms with E-state index in [9.17, 15) is 5.11 Å². The lowest BCUT2D eigenvalue weighted by molar-refractivity contribution is -0.0698. The van der Waals surface area contributed by atoms with Gasteiger partial charge in [0.25, 0.3) is 0 Å². The van der Waals surface area contributed by atoms with E-state index in [4.69, 9.17) is 4.74 Å². The highest BCUT2D eigenvalue weighted by molar-refractivity contribution is 6.02. The van der Waals surface area contributed by atoms with E-state index in [1.807, 2.05) is 31.3 Å². The number of benzene rings is 1. The number of ether oxygens (including phenoxy) is 1. The number of aromatic nitrogens is 3. The Bertz CT molecular complexity index is 850. The number of para-hydroxylation sites is 1. The first kappa shape index (κ1) is 14.6. The molecule has 4 rings (SSSR count). The van der Waals surface area contributed by atoms with Gasteiger partial charge in [0.2, 0.25) is 0 Å². The molecule has 0 saturated carbocycles. The normalized spacial score (nSPS) is 17.8. The van der Waals surface area contributed by atoms with Crippen LogP contribution in [0.15, 0.2) is 30.5 Å². The van der Waals surface area contributed by atoms with Crippen LogP contribution in [0.1, 0.15) is 25.1 Å². The predicted molar refractivity (Wildman–Crippen MR) is 89.4 cm³/mol. The van der Waals surface area contributed by atoms with Crippen molar-refractivity contribution in [2.45, 2.75) is 38.3 Å². The Morgan fingerprint density at radius 3 is 2.83 bits per heavy atom. The average molecular weight is 311 g/mol. The second kappa shape index (κ2) is 5.58. The highest BCUT2D eigenvalue weighted by Crippen LogP contribution is 2.28. The van der Waals surface area contributed by atoms with Gasteiger partial charge >= 0.3 is 0 Å². The fourth-order valence-electron chi connectivity index (χ4n) is 3.47. The van der Waals surface area contributed by atoms with Crippen molar-refractivity contribution < 1.29 is 9.84 Å². The first-order chi connectivity index (χ1) is 11.2. The second-order valence-electron chi connectivity index (χ2n) is 6.41. The van der Waals surface area contributed by atoms with Gasteiger partial charge in [-0.2, -0.15) is 0 Å². The molecule has 1 fully saturated rings. The second-order valence-corrected chi connectivity index (χ2v) is 6.41. The van der Waals surface area contributed by atoms with E-state index in [1.54, 1.807) is 0 Å². The van der Waals surface area contributed by atoms with Gasteiger partial charge in [0.15, 0.2) is 0 Å². The van der Waals surface area contributed by atoms with Gasteiger partial charge in [-0.15, -0.1) is 0 Å². The average Bonchev–Trinajstić information content (AvgIpc) is 2.89. The smallest absolute Gasteiger partial charge is 0.108 e. The van der Waals surface area contributed by atoms with Crippen LogP contribution in [0.4, 0.5) is 0 Å². The number of aliphatic hydroxyl groups is 1. The summed E-state index contributed by atoms with van der Waals surface area (Å²) in [6.45, 7) is 4.07. The molecule has 0 unspecified atom stereocenters. The Kier molecular flexibility index (Phi) is 3.54. The molecule has 0 amide bonds. The van der Waals surface area contributed by atoms with Crippen molar-refractivity contribution in [2.75, 3.05) is 13.2 Å². The van der Waals surface area contributed by atoms with Gasteiger partial charge in [-0.25, -0.2) is 4.98 Å². The molecule has 120 valence electrons. The van der Waals surface area contributed by atoms with Crippen LogP contribution in [0.3, 0.4) is 0 Å². The molecule has 0 bridgehead atoms. The van der Waals surface area contributed by atoms with E-state index in [2.05, 4.69) is 20.6 Å². The molecule has 23 heavy (non-hydrogen) atoms. The summed E-state index contributed by atoms with van der Waals surface area (Å²) in [5.74, 6) is 0.966. The monoisotopic (exact) mass is 311 g/mol. The summed E-state index contributed by atoms with van der Waals surface area (Å²) in [4.78, 5) is 9.13. The lowest BCUT2D eigenvalue weighted by Gasteiger charge is -2.32. The van der Waals surface area contributed by atoms with Crippen molar-refractivity contribution >= 4 is 21.9 Å². The van der Waals surface area contributed by atoms with Gasteiger partial charge in [0.1, 0.15) is 11.3 Å². The number of hydrogen-bond donors (Lipinski definition) is 1. The molecule has 0 aliphatic carbocycles. The number of aryl methyl sites for hydroxylation is 2. The van der Waals surface area contributed by atoms with Crippen molar-refractivity contribution in [1.82, 2.24) is 14.5 Å². The third kappa shape index (κ3) is 2.60. The third-order valence-corrected chi connectivity index (χ3v) is 4.89. The molecule has 0 spiro atoms. The molecule has 5 heteroatoms. The Labute approximate surface area is 134 Å². The maximum absolute atomic E-state index is 10.7. The molecule has 3 heterocycles. The van der Waals surface area contributed by atoms with Gasteiger partial charge in [-0.05, 0) is 32.3 Å². The minimum atomic E-state index is -0.621. The fourth-order valence-corrected chi connectivity index (χ4v) is 3.47. The maximum atomic E-state index is 10.7. The van der Waals surface area contributed by atoms with Gasteiger partial charge in [0, 0.05) is 25.1 Å². The van der Waals surface area contributed by atoms with Crippen LogP contribution >= 0.6 is 0 Å². The number of nitrogens with zero attached hydrogens (tertiary/aromatic N) is 3. The summed E-state index contributed by atoms with van der Waals surface area (Å²) >= 11 is 0. The Morgan fingerprint density at radius 2 is 2.00 bits per heavy atom. The zero-order valence-corrected chi connectivity index (χ0v) is 13.3. The van der Waals surface area contributed by atoms with Crippen molar-refractivity contribution in [3.05, 3.63) is 36.3 Å². The van der Waals surface area contributed by atoms with Gasteiger partial charge in [0.05, 0.1) is 22.8 Å². The number of fused-ring (bicyclic) bond motifs is 3. The van der Waals surface area contributed by atoms with Crippen molar-refractivity contribution in [3.8, 4) is 0 Å². The van der Waals surface area contributed by atoms with Crippen LogP contribution in [-0.4, -0.2) is 38.5 Å². The molecule has 1 aliphatic heterocycles. The molecule has 1 N–H and O–H groups in total. The maximum Gasteiger partial charge on any atom is 0.108 e. The molecule has 5 nitrogen and oxygen atoms in total. The van der Waals surface area contributed by atoms with E-state index >= 15 is 0 Å². The molecule has 2 aromatic heterocycles. The molecular formula is C18H21N3O2. The van der Waals surface area contributed by atoms with Crippen LogP contribution in [0, 0.1) is 6.92 Å². The van der Waals surface area contributed by atoms with Gasteiger partial charge in [-0.1, -0.05) is 18.2 Å². The van der Waals surface area contributed by atoms with E-state index in [-0.39, 0.29) is 0 Å². The Morgan fingerprint density at radius 1 is 1.22 bits per heavy atom. The highest BCUT2D eigenvalue weighted by atomic mass is 16.5. The topological polar surface area (TPSA) is 60.2 Å². The van der Waals surface area contributed by atoms with Crippen molar-refractivity contribution in [1.29, 1.82) is 0 Å². The quantitative estimate of drug-likeness (QED) is 0.808. The molecule has 0 radical (unpaired) electrons. The largest absolute Gasteiger partial charge is 0.390 e. The molecule has 0 atom stereocenters. The molecule has 1 aromatic carbocycles. The summed E-state index contributed by atoms with van der Waals surface area (Å²) in [6.07, 6.45) is 3.98. The van der Waals surface area contributed by atoms with E-state index in [1.165, 1.54) is 0 Å². The summed E-state index contributed by atoms with van der Waals surface area (Å²) in [6, 6.07) is 8.14. The number of rotatable bonds is 3. The van der Waals surface area contributed by atoms with Gasteiger partial charge in [-0.3, -0.25) is 4.98 Å². The fraction of sp³-hybridized carbons (Fsp3) is 0.444. The molecule has 1 saturated heterocycles. The van der Waals surface area contributed by atoms with E-state index in [0.29, 0.717) is 26.1 Å². The lowest BCUT2D eigenvalue weighted by atomic mass is 9.91. The number of pyridine rings is 1. The minimum absolute atomic E-state index is 0.621. The van der Waals surface area contributed by atoms with E-state index < -0.39 is 5.60 Å². The van der Waals surface area contributed by atoms with E-state index in [0.717, 1.165) is 40.7 Å². The standard InChI is InChI=1S/C18H21N3O2/c1-13-20-16-12-19-15-5-3-2-4-14(15)17(16)21(13)9-6-18(22)7-10-23-11-8-18/h2-5,12,22H,6-11H2,1H3. The van der Waals surface area contributed by atoms with Crippen molar-refractivity contribution in [2.24, 2.45) is 0 Å². The first-order valence-corrected chi connectivity index (χ1v) is 8.17. The minimum Gasteiger partial charge on any atom is -0.390 e. The van der Waals surface area contributed by atoms with Crippen LogP contribution in [0.25, 0.3) is 21.9 Å². The molecular weight excluding hydrogens is 290 g/mol. The summed E-state index contributed by atoms with van der Waals surface area (Å²) < 4.78 is 7.58. The molecule has 3 aromatic rings. The summed E-state index contributed by atoms with van der Waals surface area (Å²) in [7, 11) is 0. The van der Waals surface area contributed by atoms with Crippen molar-refractivity contribution in [3.63, 3.8) is 0 Å².